The minimum Gasteiger partial charge on any atom is -0.491 e. The van der Waals surface area contributed by atoms with Gasteiger partial charge in [0, 0.05) is 0 Å². The Bertz CT molecular complexity index is 645. The first kappa shape index (κ1) is 16.2. The highest BCUT2D eigenvalue weighted by molar-refractivity contribution is 6.33. The second-order valence-corrected chi connectivity index (χ2v) is 6.39. The fourth-order valence-corrected chi connectivity index (χ4v) is 3.16. The van der Waals surface area contributed by atoms with Crippen LogP contribution in [0.15, 0.2) is 42.5 Å². The number of ether oxygens (including phenoxy) is 1. The molecule has 3 rings (SSSR count). The third-order valence-corrected chi connectivity index (χ3v) is 4.43. The summed E-state index contributed by atoms with van der Waals surface area (Å²) in [6.45, 7) is 4.74. The van der Waals surface area contributed by atoms with Gasteiger partial charge in [0.1, 0.15) is 12.4 Å². The summed E-state index contributed by atoms with van der Waals surface area (Å²) in [7, 11) is 0. The quantitative estimate of drug-likeness (QED) is 0.872. The molecule has 0 fully saturated rings. The second-order valence-electron chi connectivity index (χ2n) is 5.98. The van der Waals surface area contributed by atoms with Crippen LogP contribution in [0.5, 0.6) is 5.75 Å². The number of benzene rings is 2. The molecule has 0 amide bonds. The molecule has 1 heterocycles. The summed E-state index contributed by atoms with van der Waals surface area (Å²) in [5.74, 6) is 0.892. The van der Waals surface area contributed by atoms with Crippen LogP contribution < -0.4 is 15.4 Å². The van der Waals surface area contributed by atoms with E-state index in [1.807, 2.05) is 36.4 Å². The first-order valence-electron chi connectivity index (χ1n) is 8.19. The fourth-order valence-electron chi connectivity index (χ4n) is 2.93. The molecule has 3 nitrogen and oxygen atoms in total. The number of hydrogen-bond donors (Lipinski definition) is 2. The molecule has 0 bridgehead atoms. The van der Waals surface area contributed by atoms with Crippen molar-refractivity contribution in [1.82, 2.24) is 5.32 Å². The molecule has 122 valence electrons. The van der Waals surface area contributed by atoms with E-state index < -0.39 is 0 Å². The van der Waals surface area contributed by atoms with Crippen LogP contribution in [0, 0.1) is 0 Å². The van der Waals surface area contributed by atoms with Gasteiger partial charge in [-0.1, -0.05) is 35.9 Å². The van der Waals surface area contributed by atoms with Crippen molar-refractivity contribution in [2.45, 2.75) is 25.8 Å². The summed E-state index contributed by atoms with van der Waals surface area (Å²) in [5, 5.41) is 7.79. The van der Waals surface area contributed by atoms with E-state index in [0.717, 1.165) is 42.4 Å². The van der Waals surface area contributed by atoms with E-state index in [-0.39, 0.29) is 6.04 Å². The third kappa shape index (κ3) is 4.18. The van der Waals surface area contributed by atoms with Crippen molar-refractivity contribution in [2.75, 3.05) is 25.0 Å². The van der Waals surface area contributed by atoms with Crippen LogP contribution in [0.1, 0.15) is 18.1 Å². The van der Waals surface area contributed by atoms with Crippen LogP contribution in [0.25, 0.3) is 0 Å². The third-order valence-electron chi connectivity index (χ3n) is 4.12. The van der Waals surface area contributed by atoms with E-state index >= 15 is 0 Å². The van der Waals surface area contributed by atoms with Gasteiger partial charge in [0.15, 0.2) is 0 Å². The van der Waals surface area contributed by atoms with Gasteiger partial charge in [0.25, 0.3) is 0 Å². The molecule has 0 saturated heterocycles. The first-order chi connectivity index (χ1) is 11.2. The summed E-state index contributed by atoms with van der Waals surface area (Å²) >= 11 is 6.45. The van der Waals surface area contributed by atoms with Crippen LogP contribution in [-0.2, 0) is 12.8 Å². The molecular formula is C19H23ClN2O. The largest absolute Gasteiger partial charge is 0.491 e. The Morgan fingerprint density at radius 3 is 2.74 bits per heavy atom. The van der Waals surface area contributed by atoms with Gasteiger partial charge in [0.2, 0.25) is 0 Å². The number of anilines is 1. The van der Waals surface area contributed by atoms with Crippen molar-refractivity contribution in [1.29, 1.82) is 0 Å². The second kappa shape index (κ2) is 7.71. The average Bonchev–Trinajstić information content (AvgIpc) is 2.82. The van der Waals surface area contributed by atoms with E-state index in [1.165, 1.54) is 11.1 Å². The number of rotatable bonds is 5. The summed E-state index contributed by atoms with van der Waals surface area (Å²) in [5.41, 5.74) is 3.80. The lowest BCUT2D eigenvalue weighted by Crippen LogP contribution is -2.24. The van der Waals surface area contributed by atoms with Crippen molar-refractivity contribution in [2.24, 2.45) is 0 Å². The lowest BCUT2D eigenvalue weighted by molar-refractivity contribution is 0.304. The minimum atomic E-state index is 0.176. The van der Waals surface area contributed by atoms with Gasteiger partial charge in [-0.05, 0) is 62.2 Å². The summed E-state index contributed by atoms with van der Waals surface area (Å²) in [6.07, 6.45) is 2.06. The first-order valence-corrected chi connectivity index (χ1v) is 8.57. The number of para-hydroxylation sites is 1. The van der Waals surface area contributed by atoms with Gasteiger partial charge in [-0.3, -0.25) is 0 Å². The molecule has 0 aromatic heterocycles. The van der Waals surface area contributed by atoms with E-state index in [0.29, 0.717) is 6.61 Å². The smallest absolute Gasteiger partial charge is 0.119 e. The monoisotopic (exact) mass is 330 g/mol. The Morgan fingerprint density at radius 1 is 1.13 bits per heavy atom. The molecular weight excluding hydrogens is 308 g/mol. The zero-order valence-electron chi connectivity index (χ0n) is 13.4. The highest BCUT2D eigenvalue weighted by atomic mass is 35.5. The molecule has 0 saturated carbocycles. The Kier molecular flexibility index (Phi) is 5.42. The number of nitrogens with one attached hydrogen (secondary N) is 2. The topological polar surface area (TPSA) is 33.3 Å². The van der Waals surface area contributed by atoms with E-state index in [4.69, 9.17) is 16.3 Å². The maximum atomic E-state index is 6.45. The predicted molar refractivity (Wildman–Crippen MR) is 96.8 cm³/mol. The SMILES string of the molecule is CC(COc1ccccc1)Nc1c(Cl)ccc2c1CCNCC2. The lowest BCUT2D eigenvalue weighted by atomic mass is 10.0. The molecule has 0 spiro atoms. The minimum absolute atomic E-state index is 0.176. The number of halogens is 1. The van der Waals surface area contributed by atoms with Crippen molar-refractivity contribution in [3.05, 3.63) is 58.6 Å². The van der Waals surface area contributed by atoms with Gasteiger partial charge < -0.3 is 15.4 Å². The van der Waals surface area contributed by atoms with E-state index in [9.17, 15) is 0 Å². The summed E-state index contributed by atoms with van der Waals surface area (Å²) in [6, 6.07) is 14.2. The van der Waals surface area contributed by atoms with Gasteiger partial charge >= 0.3 is 0 Å². The lowest BCUT2D eigenvalue weighted by Gasteiger charge is -2.21. The molecule has 1 unspecified atom stereocenters. The molecule has 0 radical (unpaired) electrons. The summed E-state index contributed by atoms with van der Waals surface area (Å²) < 4.78 is 5.83. The average molecular weight is 331 g/mol. The molecule has 1 atom stereocenters. The van der Waals surface area contributed by atoms with Crippen molar-refractivity contribution in [3.63, 3.8) is 0 Å². The van der Waals surface area contributed by atoms with Gasteiger partial charge in [0.05, 0.1) is 16.8 Å². The number of fused-ring (bicyclic) bond motifs is 1. The van der Waals surface area contributed by atoms with Crippen LogP contribution in [-0.4, -0.2) is 25.7 Å². The Morgan fingerprint density at radius 2 is 1.91 bits per heavy atom. The van der Waals surface area contributed by atoms with E-state index in [1.54, 1.807) is 0 Å². The Hall–Kier alpha value is -1.71. The fraction of sp³-hybridized carbons (Fsp3) is 0.368. The van der Waals surface area contributed by atoms with Crippen LogP contribution in [0.2, 0.25) is 5.02 Å². The molecule has 0 aliphatic carbocycles. The highest BCUT2D eigenvalue weighted by Gasteiger charge is 2.16. The molecule has 23 heavy (non-hydrogen) atoms. The summed E-state index contributed by atoms with van der Waals surface area (Å²) in [4.78, 5) is 0. The highest BCUT2D eigenvalue weighted by Crippen LogP contribution is 2.31. The van der Waals surface area contributed by atoms with Crippen LogP contribution in [0.3, 0.4) is 0 Å². The zero-order chi connectivity index (χ0) is 16.1. The Labute approximate surface area is 143 Å². The molecule has 1 aliphatic rings. The predicted octanol–water partition coefficient (Wildman–Crippen LogP) is 3.91. The Balaban J connectivity index is 1.69. The molecule has 1 aliphatic heterocycles. The van der Waals surface area contributed by atoms with Gasteiger partial charge in [-0.15, -0.1) is 0 Å². The van der Waals surface area contributed by atoms with Crippen LogP contribution >= 0.6 is 11.6 Å². The number of hydrogen-bond acceptors (Lipinski definition) is 3. The molecule has 2 N–H and O–H groups in total. The van der Waals surface area contributed by atoms with Gasteiger partial charge in [-0.2, -0.15) is 0 Å². The van der Waals surface area contributed by atoms with Crippen LogP contribution in [0.4, 0.5) is 5.69 Å². The van der Waals surface area contributed by atoms with Crippen molar-refractivity contribution in [3.8, 4) is 5.75 Å². The maximum absolute atomic E-state index is 6.45. The molecule has 2 aromatic carbocycles. The zero-order valence-corrected chi connectivity index (χ0v) is 14.2. The maximum Gasteiger partial charge on any atom is 0.119 e. The molecule has 4 heteroatoms. The standard InChI is InChI=1S/C19H23ClN2O/c1-14(13-23-16-5-3-2-4-6-16)22-19-17-10-12-21-11-9-15(17)7-8-18(19)20/h2-8,14,21-22H,9-13H2,1H3. The normalized spacial score (nSPS) is 15.4. The molecule has 2 aromatic rings. The van der Waals surface area contributed by atoms with E-state index in [2.05, 4.69) is 23.6 Å². The van der Waals surface area contributed by atoms with Gasteiger partial charge in [-0.25, -0.2) is 0 Å². The van der Waals surface area contributed by atoms with Crippen molar-refractivity contribution < 1.29 is 4.74 Å². The van der Waals surface area contributed by atoms with Crippen molar-refractivity contribution >= 4 is 17.3 Å².